The fourth-order valence-electron chi connectivity index (χ4n) is 4.33. The second-order valence-corrected chi connectivity index (χ2v) is 9.25. The lowest BCUT2D eigenvalue weighted by molar-refractivity contribution is -0.121. The van der Waals surface area contributed by atoms with Gasteiger partial charge in [-0.3, -0.25) is 9.59 Å². The summed E-state index contributed by atoms with van der Waals surface area (Å²) in [7, 11) is 3.25. The number of hydrogen-bond donors (Lipinski definition) is 2. The van der Waals surface area contributed by atoms with Gasteiger partial charge >= 0.3 is 0 Å². The molecule has 192 valence electrons. The van der Waals surface area contributed by atoms with Crippen LogP contribution < -0.4 is 20.1 Å². The number of halogens is 1. The molecular formula is C25H40ClN3O5. The summed E-state index contributed by atoms with van der Waals surface area (Å²) in [6.45, 7) is 5.86. The van der Waals surface area contributed by atoms with Gasteiger partial charge in [0.1, 0.15) is 0 Å². The number of carbonyl (C=O) groups is 2. The Hall–Kier alpha value is -2.03. The van der Waals surface area contributed by atoms with E-state index in [9.17, 15) is 9.59 Å². The molecule has 2 atom stereocenters. The maximum atomic E-state index is 13.5. The Bertz CT molecular complexity index is 795. The van der Waals surface area contributed by atoms with Gasteiger partial charge in [0.05, 0.1) is 13.7 Å². The Kier molecular flexibility index (Phi) is 11.4. The molecular weight excluding hydrogens is 458 g/mol. The molecule has 2 aliphatic rings. The van der Waals surface area contributed by atoms with Gasteiger partial charge in [0, 0.05) is 62.8 Å². The third-order valence-electron chi connectivity index (χ3n) is 6.21. The summed E-state index contributed by atoms with van der Waals surface area (Å²) < 4.78 is 16.3. The zero-order chi connectivity index (χ0) is 23.8. The van der Waals surface area contributed by atoms with Gasteiger partial charge < -0.3 is 29.7 Å². The fraction of sp³-hybridized carbons (Fsp3) is 0.680. The molecule has 0 radical (unpaired) electrons. The van der Waals surface area contributed by atoms with Crippen molar-refractivity contribution < 1.29 is 23.8 Å². The van der Waals surface area contributed by atoms with Crippen LogP contribution in [0.5, 0.6) is 11.5 Å². The van der Waals surface area contributed by atoms with Crippen molar-refractivity contribution in [2.75, 3.05) is 34.0 Å². The number of ether oxygens (including phenoxy) is 3. The number of piperidine rings is 1. The van der Waals surface area contributed by atoms with Gasteiger partial charge in [-0.05, 0) is 57.7 Å². The maximum Gasteiger partial charge on any atom is 0.254 e. The van der Waals surface area contributed by atoms with Crippen LogP contribution in [0.25, 0.3) is 0 Å². The molecule has 2 N–H and O–H groups in total. The van der Waals surface area contributed by atoms with E-state index < -0.39 is 0 Å². The first kappa shape index (κ1) is 28.2. The SMILES string of the molecule is COCCCOc1cc(C(=O)N(C(C)C)[C@@H]2CC[C@H](CC(=O)NC3CC3)NC2)ccc1OC.Cl. The van der Waals surface area contributed by atoms with E-state index in [-0.39, 0.29) is 42.3 Å². The summed E-state index contributed by atoms with van der Waals surface area (Å²) in [6, 6.07) is 6.02. The molecule has 1 aromatic rings. The summed E-state index contributed by atoms with van der Waals surface area (Å²) in [5, 5.41) is 6.55. The second-order valence-electron chi connectivity index (χ2n) is 9.25. The van der Waals surface area contributed by atoms with E-state index in [2.05, 4.69) is 10.6 Å². The average molecular weight is 498 g/mol. The van der Waals surface area contributed by atoms with Crippen molar-refractivity contribution in [3.63, 3.8) is 0 Å². The van der Waals surface area contributed by atoms with Gasteiger partial charge in [0.15, 0.2) is 11.5 Å². The molecule has 0 spiro atoms. The summed E-state index contributed by atoms with van der Waals surface area (Å²) in [4.78, 5) is 27.6. The van der Waals surface area contributed by atoms with E-state index in [0.717, 1.165) is 32.1 Å². The van der Waals surface area contributed by atoms with Crippen LogP contribution in [0.4, 0.5) is 0 Å². The van der Waals surface area contributed by atoms with Crippen LogP contribution in [0.2, 0.25) is 0 Å². The number of benzene rings is 1. The lowest BCUT2D eigenvalue weighted by atomic mass is 9.95. The lowest BCUT2D eigenvalue weighted by Gasteiger charge is -2.40. The molecule has 0 unspecified atom stereocenters. The topological polar surface area (TPSA) is 89.1 Å². The van der Waals surface area contributed by atoms with Crippen LogP contribution in [0, 0.1) is 0 Å². The van der Waals surface area contributed by atoms with E-state index in [0.29, 0.717) is 49.3 Å². The fourth-order valence-corrected chi connectivity index (χ4v) is 4.33. The number of nitrogens with one attached hydrogen (secondary N) is 2. The molecule has 1 aliphatic carbocycles. The minimum absolute atomic E-state index is 0. The van der Waals surface area contributed by atoms with Crippen LogP contribution >= 0.6 is 12.4 Å². The van der Waals surface area contributed by atoms with Crippen molar-refractivity contribution in [2.45, 2.75) is 76.5 Å². The quantitative estimate of drug-likeness (QED) is 0.431. The van der Waals surface area contributed by atoms with Gasteiger partial charge in [-0.15, -0.1) is 12.4 Å². The van der Waals surface area contributed by atoms with Crippen molar-refractivity contribution in [3.05, 3.63) is 23.8 Å². The molecule has 1 aliphatic heterocycles. The molecule has 0 aromatic heterocycles. The Balaban J connectivity index is 0.00000408. The highest BCUT2D eigenvalue weighted by Crippen LogP contribution is 2.30. The zero-order valence-corrected chi connectivity index (χ0v) is 21.6. The first-order chi connectivity index (χ1) is 15.9. The van der Waals surface area contributed by atoms with Gasteiger partial charge in [-0.25, -0.2) is 0 Å². The minimum Gasteiger partial charge on any atom is -0.493 e. The van der Waals surface area contributed by atoms with Crippen molar-refractivity contribution in [3.8, 4) is 11.5 Å². The molecule has 1 saturated carbocycles. The minimum atomic E-state index is -0.0221. The monoisotopic (exact) mass is 497 g/mol. The molecule has 8 nitrogen and oxygen atoms in total. The van der Waals surface area contributed by atoms with Crippen molar-refractivity contribution in [1.82, 2.24) is 15.5 Å². The van der Waals surface area contributed by atoms with Crippen LogP contribution in [0.3, 0.4) is 0 Å². The number of hydrogen-bond acceptors (Lipinski definition) is 6. The average Bonchev–Trinajstić information content (AvgIpc) is 3.61. The molecule has 34 heavy (non-hydrogen) atoms. The molecule has 0 bridgehead atoms. The Morgan fingerprint density at radius 2 is 1.88 bits per heavy atom. The van der Waals surface area contributed by atoms with Crippen LogP contribution in [-0.4, -0.2) is 74.9 Å². The molecule has 1 aromatic carbocycles. The highest BCUT2D eigenvalue weighted by Gasteiger charge is 2.32. The standard InChI is InChI=1S/C25H39N3O5.ClH/c1-17(2)28(21-10-9-20(26-16-21)15-24(29)27-19-7-8-19)25(30)18-6-11-22(32-4)23(14-18)33-13-5-12-31-3;/h6,11,14,17,19-21,26H,5,7-10,12-13,15-16H2,1-4H3,(H,27,29);1H/t20-,21-;/m1./s1. The van der Waals surface area contributed by atoms with Gasteiger partial charge in [0.25, 0.3) is 5.91 Å². The predicted molar refractivity (Wildman–Crippen MR) is 134 cm³/mol. The third-order valence-corrected chi connectivity index (χ3v) is 6.21. The zero-order valence-electron chi connectivity index (χ0n) is 20.8. The highest BCUT2D eigenvalue weighted by atomic mass is 35.5. The maximum absolute atomic E-state index is 13.5. The molecule has 2 amide bonds. The Morgan fingerprint density at radius 1 is 1.12 bits per heavy atom. The summed E-state index contributed by atoms with van der Waals surface area (Å²) in [5.41, 5.74) is 0.581. The third kappa shape index (κ3) is 8.03. The predicted octanol–water partition coefficient (Wildman–Crippen LogP) is 3.17. The summed E-state index contributed by atoms with van der Waals surface area (Å²) in [5.74, 6) is 1.27. The van der Waals surface area contributed by atoms with Crippen LogP contribution in [-0.2, 0) is 9.53 Å². The number of carbonyl (C=O) groups excluding carboxylic acids is 2. The smallest absolute Gasteiger partial charge is 0.254 e. The van der Waals surface area contributed by atoms with Gasteiger partial charge in [-0.2, -0.15) is 0 Å². The van der Waals surface area contributed by atoms with Crippen molar-refractivity contribution in [1.29, 1.82) is 0 Å². The van der Waals surface area contributed by atoms with Crippen LogP contribution in [0.1, 0.15) is 62.7 Å². The van der Waals surface area contributed by atoms with Crippen molar-refractivity contribution in [2.24, 2.45) is 0 Å². The number of rotatable bonds is 12. The highest BCUT2D eigenvalue weighted by molar-refractivity contribution is 5.95. The second kappa shape index (κ2) is 13.8. The number of nitrogens with zero attached hydrogens (tertiary/aromatic N) is 1. The molecule has 1 heterocycles. The number of methoxy groups -OCH3 is 2. The summed E-state index contributed by atoms with van der Waals surface area (Å²) in [6.07, 6.45) is 5.19. The van der Waals surface area contributed by atoms with E-state index in [1.807, 2.05) is 18.7 Å². The van der Waals surface area contributed by atoms with E-state index in [1.165, 1.54) is 0 Å². The van der Waals surface area contributed by atoms with Gasteiger partial charge in [-0.1, -0.05) is 0 Å². The first-order valence-corrected chi connectivity index (χ1v) is 12.1. The lowest BCUT2D eigenvalue weighted by Crippen LogP contribution is -2.54. The largest absolute Gasteiger partial charge is 0.493 e. The van der Waals surface area contributed by atoms with E-state index >= 15 is 0 Å². The van der Waals surface area contributed by atoms with Gasteiger partial charge in [0.2, 0.25) is 5.91 Å². The van der Waals surface area contributed by atoms with E-state index in [4.69, 9.17) is 14.2 Å². The summed E-state index contributed by atoms with van der Waals surface area (Å²) >= 11 is 0. The number of amides is 2. The molecule has 1 saturated heterocycles. The van der Waals surface area contributed by atoms with Crippen molar-refractivity contribution >= 4 is 24.2 Å². The molecule has 2 fully saturated rings. The Labute approximate surface area is 209 Å². The van der Waals surface area contributed by atoms with Crippen LogP contribution in [0.15, 0.2) is 18.2 Å². The van der Waals surface area contributed by atoms with E-state index in [1.54, 1.807) is 32.4 Å². The first-order valence-electron chi connectivity index (χ1n) is 12.1. The normalized spacial score (nSPS) is 19.8. The Morgan fingerprint density at radius 3 is 2.47 bits per heavy atom. The molecule has 3 rings (SSSR count). The molecule has 9 heteroatoms.